The Bertz CT molecular complexity index is 358. The van der Waals surface area contributed by atoms with E-state index in [2.05, 4.69) is 10.5 Å². The van der Waals surface area contributed by atoms with Crippen molar-refractivity contribution in [1.82, 2.24) is 5.32 Å². The maximum absolute atomic E-state index is 12.5. The van der Waals surface area contributed by atoms with E-state index in [1.54, 1.807) is 7.11 Å². The molecule has 2 saturated carbocycles. The van der Waals surface area contributed by atoms with Crippen molar-refractivity contribution >= 4 is 11.7 Å². The van der Waals surface area contributed by atoms with Gasteiger partial charge in [-0.1, -0.05) is 24.4 Å². The van der Waals surface area contributed by atoms with E-state index in [1.165, 1.54) is 0 Å². The van der Waals surface area contributed by atoms with E-state index < -0.39 is 5.41 Å². The molecule has 6 heteroatoms. The Morgan fingerprint density at radius 3 is 2.53 bits per heavy atom. The summed E-state index contributed by atoms with van der Waals surface area (Å²) in [7, 11) is 1.68. The van der Waals surface area contributed by atoms with Crippen LogP contribution in [0.4, 0.5) is 0 Å². The van der Waals surface area contributed by atoms with Crippen molar-refractivity contribution in [1.29, 1.82) is 0 Å². The van der Waals surface area contributed by atoms with Crippen LogP contribution in [0.15, 0.2) is 5.16 Å². The molecule has 4 N–H and O–H groups in total. The zero-order valence-electron chi connectivity index (χ0n) is 11.4. The third-order valence-electron chi connectivity index (χ3n) is 4.50. The molecule has 19 heavy (non-hydrogen) atoms. The molecule has 0 unspecified atom stereocenters. The molecule has 0 aromatic heterocycles. The zero-order chi connectivity index (χ0) is 13.9. The monoisotopic (exact) mass is 269 g/mol. The molecule has 2 aliphatic carbocycles. The van der Waals surface area contributed by atoms with Crippen LogP contribution in [0.2, 0.25) is 0 Å². The summed E-state index contributed by atoms with van der Waals surface area (Å²) < 4.78 is 5.20. The smallest absolute Gasteiger partial charge is 0.234 e. The predicted octanol–water partition coefficient (Wildman–Crippen LogP) is 0.977. The van der Waals surface area contributed by atoms with Crippen molar-refractivity contribution in [3.63, 3.8) is 0 Å². The molecule has 0 aliphatic heterocycles. The van der Waals surface area contributed by atoms with Gasteiger partial charge in [-0.2, -0.15) is 0 Å². The second kappa shape index (κ2) is 5.77. The average molecular weight is 269 g/mol. The average Bonchev–Trinajstić information content (AvgIpc) is 2.41. The molecule has 0 bridgehead atoms. The van der Waals surface area contributed by atoms with E-state index >= 15 is 0 Å². The van der Waals surface area contributed by atoms with Crippen LogP contribution < -0.4 is 11.1 Å². The van der Waals surface area contributed by atoms with Crippen LogP contribution in [0.5, 0.6) is 0 Å². The molecule has 0 heterocycles. The number of hydrogen-bond donors (Lipinski definition) is 3. The third kappa shape index (κ3) is 2.68. The van der Waals surface area contributed by atoms with Gasteiger partial charge in [0.15, 0.2) is 5.84 Å². The van der Waals surface area contributed by atoms with Gasteiger partial charge in [0.05, 0.1) is 6.10 Å². The minimum atomic E-state index is -0.814. The maximum atomic E-state index is 12.5. The summed E-state index contributed by atoms with van der Waals surface area (Å²) in [6.45, 7) is 0. The summed E-state index contributed by atoms with van der Waals surface area (Å²) in [4.78, 5) is 12.5. The number of nitrogens with two attached hydrogens (primary N) is 1. The molecule has 0 aromatic carbocycles. The van der Waals surface area contributed by atoms with Gasteiger partial charge in [0.2, 0.25) is 5.91 Å². The Labute approximate surface area is 113 Å². The van der Waals surface area contributed by atoms with Gasteiger partial charge < -0.3 is 21.0 Å². The number of carbonyl (C=O) groups excluding carboxylic acids is 1. The third-order valence-corrected chi connectivity index (χ3v) is 4.50. The molecular formula is C13H23N3O3. The first kappa shape index (κ1) is 14.1. The van der Waals surface area contributed by atoms with Crippen molar-refractivity contribution in [2.45, 2.75) is 57.1 Å². The summed E-state index contributed by atoms with van der Waals surface area (Å²) in [5.74, 6) is -0.0469. The largest absolute Gasteiger partial charge is 0.409 e. The van der Waals surface area contributed by atoms with Gasteiger partial charge in [-0.15, -0.1) is 0 Å². The Morgan fingerprint density at radius 2 is 2.00 bits per heavy atom. The molecule has 2 fully saturated rings. The number of amides is 1. The highest BCUT2D eigenvalue weighted by molar-refractivity contribution is 6.06. The fourth-order valence-corrected chi connectivity index (χ4v) is 3.05. The summed E-state index contributed by atoms with van der Waals surface area (Å²) in [6, 6.07) is 0.155. The standard InChI is InChI=1S/C13H23N3O3/c1-19-10-7-9(8-10)15-12(17)13(11(14)16-18)5-3-2-4-6-13/h9-10,18H,2-8H2,1H3,(H2,14,16)(H,15,17). The molecule has 0 spiro atoms. The number of carbonyl (C=O) groups is 1. The van der Waals surface area contributed by atoms with Crippen molar-refractivity contribution in [3.8, 4) is 0 Å². The molecular weight excluding hydrogens is 246 g/mol. The quantitative estimate of drug-likeness (QED) is 0.307. The van der Waals surface area contributed by atoms with Crippen LogP contribution in [-0.2, 0) is 9.53 Å². The van der Waals surface area contributed by atoms with Crippen molar-refractivity contribution in [2.75, 3.05) is 7.11 Å². The van der Waals surface area contributed by atoms with Crippen molar-refractivity contribution in [3.05, 3.63) is 0 Å². The number of rotatable bonds is 4. The lowest BCUT2D eigenvalue weighted by Gasteiger charge is -2.39. The number of nitrogens with one attached hydrogen (secondary N) is 1. The van der Waals surface area contributed by atoms with Gasteiger partial charge in [-0.3, -0.25) is 4.79 Å². The van der Waals surface area contributed by atoms with Crippen LogP contribution in [0.25, 0.3) is 0 Å². The number of oxime groups is 1. The number of amidine groups is 1. The Hall–Kier alpha value is -1.30. The summed E-state index contributed by atoms with van der Waals surface area (Å²) in [5, 5.41) is 15.1. The van der Waals surface area contributed by atoms with E-state index in [1.807, 2.05) is 0 Å². The van der Waals surface area contributed by atoms with Crippen LogP contribution in [0.1, 0.15) is 44.9 Å². The van der Waals surface area contributed by atoms with E-state index in [0.717, 1.165) is 32.1 Å². The Kier molecular flexibility index (Phi) is 4.29. The molecule has 2 aliphatic rings. The van der Waals surface area contributed by atoms with Gasteiger partial charge >= 0.3 is 0 Å². The Morgan fingerprint density at radius 1 is 1.37 bits per heavy atom. The van der Waals surface area contributed by atoms with Crippen molar-refractivity contribution < 1.29 is 14.7 Å². The van der Waals surface area contributed by atoms with E-state index in [-0.39, 0.29) is 23.9 Å². The molecule has 0 atom stereocenters. The van der Waals surface area contributed by atoms with Crippen LogP contribution >= 0.6 is 0 Å². The Balaban J connectivity index is 2.00. The molecule has 6 nitrogen and oxygen atoms in total. The van der Waals surface area contributed by atoms with E-state index in [0.29, 0.717) is 12.8 Å². The second-order valence-electron chi connectivity index (χ2n) is 5.63. The first-order valence-corrected chi connectivity index (χ1v) is 6.94. The SMILES string of the molecule is COC1CC(NC(=O)C2(C(N)=NO)CCCCC2)C1. The first-order valence-electron chi connectivity index (χ1n) is 6.94. The zero-order valence-corrected chi connectivity index (χ0v) is 11.4. The molecule has 0 radical (unpaired) electrons. The first-order chi connectivity index (χ1) is 9.12. The van der Waals surface area contributed by atoms with Gasteiger partial charge in [0.1, 0.15) is 5.41 Å². The second-order valence-corrected chi connectivity index (χ2v) is 5.63. The van der Waals surface area contributed by atoms with Crippen LogP contribution in [-0.4, -0.2) is 36.2 Å². The van der Waals surface area contributed by atoms with Gasteiger partial charge in [-0.25, -0.2) is 0 Å². The van der Waals surface area contributed by atoms with E-state index in [9.17, 15) is 4.79 Å². The number of ether oxygens (including phenoxy) is 1. The molecule has 1 amide bonds. The van der Waals surface area contributed by atoms with Crippen molar-refractivity contribution in [2.24, 2.45) is 16.3 Å². The topological polar surface area (TPSA) is 96.9 Å². The molecule has 0 aromatic rings. The highest BCUT2D eigenvalue weighted by Gasteiger charge is 2.45. The molecule has 0 saturated heterocycles. The van der Waals surface area contributed by atoms with E-state index in [4.69, 9.17) is 15.7 Å². The van der Waals surface area contributed by atoms with Gasteiger partial charge in [0, 0.05) is 13.2 Å². The summed E-state index contributed by atoms with van der Waals surface area (Å²) in [6.07, 6.45) is 6.23. The number of methoxy groups -OCH3 is 1. The lowest BCUT2D eigenvalue weighted by Crippen LogP contribution is -2.56. The number of hydrogen-bond acceptors (Lipinski definition) is 4. The minimum absolute atomic E-state index is 0.0484. The predicted molar refractivity (Wildman–Crippen MR) is 70.9 cm³/mol. The fourth-order valence-electron chi connectivity index (χ4n) is 3.05. The maximum Gasteiger partial charge on any atom is 0.234 e. The number of nitrogens with zero attached hydrogens (tertiary/aromatic N) is 1. The summed E-state index contributed by atoms with van der Waals surface area (Å²) >= 11 is 0. The highest BCUT2D eigenvalue weighted by atomic mass is 16.5. The van der Waals surface area contributed by atoms with Gasteiger partial charge in [0.25, 0.3) is 0 Å². The van der Waals surface area contributed by atoms with Crippen LogP contribution in [0, 0.1) is 5.41 Å². The minimum Gasteiger partial charge on any atom is -0.409 e. The summed E-state index contributed by atoms with van der Waals surface area (Å²) in [5.41, 5.74) is 4.97. The lowest BCUT2D eigenvalue weighted by molar-refractivity contribution is -0.131. The highest BCUT2D eigenvalue weighted by Crippen LogP contribution is 2.37. The van der Waals surface area contributed by atoms with Gasteiger partial charge in [-0.05, 0) is 25.7 Å². The molecule has 2 rings (SSSR count). The fraction of sp³-hybridized carbons (Fsp3) is 0.846. The lowest BCUT2D eigenvalue weighted by atomic mass is 9.72. The normalized spacial score (nSPS) is 30.5. The van der Waals surface area contributed by atoms with Crippen LogP contribution in [0.3, 0.4) is 0 Å². The molecule has 108 valence electrons.